The SMILES string of the molecule is CCNC(C)(C#N)CCCN(CC)c1ccccc1F. The largest absolute Gasteiger partial charge is 0.369 e. The van der Waals surface area contributed by atoms with Crippen LogP contribution in [-0.2, 0) is 0 Å². The number of halogens is 1. The maximum absolute atomic E-state index is 13.8. The summed E-state index contributed by atoms with van der Waals surface area (Å²) >= 11 is 0. The van der Waals surface area contributed by atoms with Gasteiger partial charge in [-0.15, -0.1) is 0 Å². The number of para-hydroxylation sites is 1. The Labute approximate surface area is 121 Å². The number of anilines is 1. The molecule has 0 amide bonds. The molecule has 4 heteroatoms. The van der Waals surface area contributed by atoms with E-state index in [2.05, 4.69) is 11.4 Å². The van der Waals surface area contributed by atoms with Gasteiger partial charge in [-0.25, -0.2) is 4.39 Å². The van der Waals surface area contributed by atoms with Crippen molar-refractivity contribution < 1.29 is 4.39 Å². The average Bonchev–Trinajstić information content (AvgIpc) is 2.45. The second-order valence-corrected chi connectivity index (χ2v) is 5.11. The van der Waals surface area contributed by atoms with Gasteiger partial charge in [0.2, 0.25) is 0 Å². The van der Waals surface area contributed by atoms with E-state index in [-0.39, 0.29) is 5.82 Å². The predicted octanol–water partition coefficient (Wildman–Crippen LogP) is 3.32. The van der Waals surface area contributed by atoms with Gasteiger partial charge in [-0.3, -0.25) is 5.32 Å². The maximum Gasteiger partial charge on any atom is 0.146 e. The highest BCUT2D eigenvalue weighted by Gasteiger charge is 2.22. The number of hydrogen-bond acceptors (Lipinski definition) is 3. The Bertz CT molecular complexity index is 455. The quantitative estimate of drug-likeness (QED) is 0.792. The van der Waals surface area contributed by atoms with Gasteiger partial charge in [0.05, 0.1) is 11.8 Å². The van der Waals surface area contributed by atoms with Crippen LogP contribution in [0.25, 0.3) is 0 Å². The van der Waals surface area contributed by atoms with Gasteiger partial charge in [0, 0.05) is 13.1 Å². The van der Waals surface area contributed by atoms with Crippen LogP contribution in [0.3, 0.4) is 0 Å². The highest BCUT2D eigenvalue weighted by molar-refractivity contribution is 5.47. The monoisotopic (exact) mass is 277 g/mol. The first kappa shape index (κ1) is 16.5. The average molecular weight is 277 g/mol. The summed E-state index contributed by atoms with van der Waals surface area (Å²) in [4.78, 5) is 2.01. The summed E-state index contributed by atoms with van der Waals surface area (Å²) in [6, 6.07) is 9.14. The number of nitrogens with zero attached hydrogens (tertiary/aromatic N) is 2. The Balaban J connectivity index is 2.59. The third kappa shape index (κ3) is 4.50. The minimum Gasteiger partial charge on any atom is -0.369 e. The molecule has 1 rings (SSSR count). The molecule has 0 spiro atoms. The van der Waals surface area contributed by atoms with Crippen LogP contribution in [0, 0.1) is 17.1 Å². The van der Waals surface area contributed by atoms with Crippen molar-refractivity contribution in [2.45, 2.75) is 39.2 Å². The van der Waals surface area contributed by atoms with Gasteiger partial charge in [0.25, 0.3) is 0 Å². The molecule has 0 aromatic heterocycles. The van der Waals surface area contributed by atoms with Crippen molar-refractivity contribution in [3.63, 3.8) is 0 Å². The lowest BCUT2D eigenvalue weighted by Gasteiger charge is -2.27. The smallest absolute Gasteiger partial charge is 0.146 e. The molecule has 0 saturated heterocycles. The standard InChI is InChI=1S/C16H24FN3/c1-4-19-16(3,13-18)11-8-12-20(5-2)15-10-7-6-9-14(15)17/h6-7,9-10,19H,4-5,8,11-12H2,1-3H3. The number of nitrogens with one attached hydrogen (secondary N) is 1. The van der Waals surface area contributed by atoms with Crippen LogP contribution >= 0.6 is 0 Å². The van der Waals surface area contributed by atoms with E-state index in [4.69, 9.17) is 0 Å². The Kier molecular flexibility index (Phi) is 6.47. The summed E-state index contributed by atoms with van der Waals surface area (Å²) in [5.74, 6) is -0.191. The fourth-order valence-electron chi connectivity index (χ4n) is 2.35. The minimum atomic E-state index is -0.497. The lowest BCUT2D eigenvalue weighted by Crippen LogP contribution is -2.41. The number of hydrogen-bond donors (Lipinski definition) is 1. The first-order chi connectivity index (χ1) is 9.56. The second kappa shape index (κ2) is 7.86. The van der Waals surface area contributed by atoms with E-state index in [1.807, 2.05) is 31.7 Å². The third-order valence-electron chi connectivity index (χ3n) is 3.49. The molecule has 0 aliphatic heterocycles. The Morgan fingerprint density at radius 3 is 2.60 bits per heavy atom. The number of nitriles is 1. The molecule has 0 aliphatic carbocycles. The number of benzene rings is 1. The molecule has 3 nitrogen and oxygen atoms in total. The zero-order valence-corrected chi connectivity index (χ0v) is 12.6. The molecule has 1 atom stereocenters. The molecule has 1 aromatic carbocycles. The fraction of sp³-hybridized carbons (Fsp3) is 0.562. The van der Waals surface area contributed by atoms with Crippen LogP contribution in [0.4, 0.5) is 10.1 Å². The van der Waals surface area contributed by atoms with Gasteiger partial charge in [0.1, 0.15) is 11.4 Å². The van der Waals surface area contributed by atoms with E-state index in [1.165, 1.54) is 6.07 Å². The Morgan fingerprint density at radius 2 is 2.05 bits per heavy atom. The second-order valence-electron chi connectivity index (χ2n) is 5.11. The van der Waals surface area contributed by atoms with Crippen molar-refractivity contribution in [2.24, 2.45) is 0 Å². The van der Waals surface area contributed by atoms with E-state index in [0.717, 1.165) is 32.5 Å². The molecule has 110 valence electrons. The van der Waals surface area contributed by atoms with Crippen LogP contribution in [0.2, 0.25) is 0 Å². The molecule has 0 fully saturated rings. The summed E-state index contributed by atoms with van der Waals surface area (Å²) in [5.41, 5.74) is 0.140. The molecule has 0 heterocycles. The van der Waals surface area contributed by atoms with E-state index >= 15 is 0 Å². The van der Waals surface area contributed by atoms with Gasteiger partial charge >= 0.3 is 0 Å². The molecular weight excluding hydrogens is 253 g/mol. The molecule has 0 radical (unpaired) electrons. The van der Waals surface area contributed by atoms with E-state index in [0.29, 0.717) is 5.69 Å². The minimum absolute atomic E-state index is 0.191. The van der Waals surface area contributed by atoms with Crippen molar-refractivity contribution in [1.29, 1.82) is 5.26 Å². The van der Waals surface area contributed by atoms with Crippen LogP contribution in [-0.4, -0.2) is 25.2 Å². The molecule has 20 heavy (non-hydrogen) atoms. The predicted molar refractivity (Wildman–Crippen MR) is 81.2 cm³/mol. The zero-order valence-electron chi connectivity index (χ0n) is 12.6. The number of rotatable bonds is 8. The molecular formula is C16H24FN3. The van der Waals surface area contributed by atoms with Crippen molar-refractivity contribution in [3.05, 3.63) is 30.1 Å². The third-order valence-corrected chi connectivity index (χ3v) is 3.49. The van der Waals surface area contributed by atoms with Gasteiger partial charge in [-0.1, -0.05) is 19.1 Å². The lowest BCUT2D eigenvalue weighted by molar-refractivity contribution is 0.417. The first-order valence-electron chi connectivity index (χ1n) is 7.22. The van der Waals surface area contributed by atoms with Crippen molar-refractivity contribution in [1.82, 2.24) is 5.32 Å². The van der Waals surface area contributed by atoms with E-state index < -0.39 is 5.54 Å². The molecule has 0 aliphatic rings. The summed E-state index contributed by atoms with van der Waals surface area (Å²) < 4.78 is 13.8. The van der Waals surface area contributed by atoms with Crippen LogP contribution in [0.5, 0.6) is 0 Å². The van der Waals surface area contributed by atoms with Crippen molar-refractivity contribution in [2.75, 3.05) is 24.5 Å². The molecule has 1 unspecified atom stereocenters. The summed E-state index contributed by atoms with van der Waals surface area (Å²) in [6.45, 7) is 8.20. The zero-order chi connectivity index (χ0) is 15.0. The van der Waals surface area contributed by atoms with E-state index in [9.17, 15) is 9.65 Å². The molecule has 0 bridgehead atoms. The van der Waals surface area contributed by atoms with E-state index in [1.54, 1.807) is 12.1 Å². The lowest BCUT2D eigenvalue weighted by atomic mass is 9.97. The normalized spacial score (nSPS) is 13.6. The van der Waals surface area contributed by atoms with Crippen LogP contribution < -0.4 is 10.2 Å². The highest BCUT2D eigenvalue weighted by atomic mass is 19.1. The topological polar surface area (TPSA) is 39.1 Å². The summed E-state index contributed by atoms with van der Waals surface area (Å²) in [7, 11) is 0. The van der Waals surface area contributed by atoms with Gasteiger partial charge in [-0.05, 0) is 45.4 Å². The van der Waals surface area contributed by atoms with Crippen LogP contribution in [0.1, 0.15) is 33.6 Å². The Morgan fingerprint density at radius 1 is 1.35 bits per heavy atom. The molecule has 1 N–H and O–H groups in total. The van der Waals surface area contributed by atoms with Gasteiger partial charge in [-0.2, -0.15) is 5.26 Å². The fourth-order valence-corrected chi connectivity index (χ4v) is 2.35. The first-order valence-corrected chi connectivity index (χ1v) is 7.22. The maximum atomic E-state index is 13.8. The van der Waals surface area contributed by atoms with Gasteiger partial charge in [0.15, 0.2) is 0 Å². The van der Waals surface area contributed by atoms with Crippen molar-refractivity contribution in [3.8, 4) is 6.07 Å². The summed E-state index contributed by atoms with van der Waals surface area (Å²) in [6.07, 6.45) is 1.60. The van der Waals surface area contributed by atoms with Crippen LogP contribution in [0.15, 0.2) is 24.3 Å². The van der Waals surface area contributed by atoms with Gasteiger partial charge < -0.3 is 4.90 Å². The summed E-state index contributed by atoms with van der Waals surface area (Å²) in [5, 5.41) is 12.4. The molecule has 1 aromatic rings. The Hall–Kier alpha value is -1.60. The van der Waals surface area contributed by atoms with Crippen molar-refractivity contribution >= 4 is 5.69 Å². The molecule has 0 saturated carbocycles. The highest BCUT2D eigenvalue weighted by Crippen LogP contribution is 2.20.